The van der Waals surface area contributed by atoms with Crippen molar-refractivity contribution in [2.45, 2.75) is 25.7 Å². The van der Waals surface area contributed by atoms with Crippen LogP contribution in [-0.4, -0.2) is 40.7 Å². The van der Waals surface area contributed by atoms with Gasteiger partial charge >= 0.3 is 6.09 Å². The summed E-state index contributed by atoms with van der Waals surface area (Å²) >= 11 is 0. The number of halogens is 1. The van der Waals surface area contributed by atoms with E-state index in [-0.39, 0.29) is 17.8 Å². The molecule has 0 N–H and O–H groups in total. The second kappa shape index (κ2) is 4.95. The van der Waals surface area contributed by atoms with E-state index in [4.69, 9.17) is 9.47 Å². The summed E-state index contributed by atoms with van der Waals surface area (Å²) in [7, 11) is 1.37. The number of benzene rings is 1. The van der Waals surface area contributed by atoms with Gasteiger partial charge in [-0.25, -0.2) is 14.2 Å². The van der Waals surface area contributed by atoms with Crippen molar-refractivity contribution in [1.82, 2.24) is 14.5 Å². The van der Waals surface area contributed by atoms with Gasteiger partial charge in [-0.15, -0.1) is 0 Å². The van der Waals surface area contributed by atoms with Crippen molar-refractivity contribution in [2.75, 3.05) is 20.2 Å². The normalized spacial score (nSPS) is 20.6. The van der Waals surface area contributed by atoms with Crippen molar-refractivity contribution in [1.29, 1.82) is 0 Å². The molecule has 3 heterocycles. The Morgan fingerprint density at radius 2 is 2.36 bits per heavy atom. The van der Waals surface area contributed by atoms with Crippen LogP contribution in [0.4, 0.5) is 9.18 Å². The standard InChI is InChI=1S/C15H16FN3O3/c1-21-15(20)18-5-4-9(6-18)14-17-12-11(16)3-2-10-7-22-8-19(14)13(10)12/h2-3,9H,4-8H2,1H3/t9-/m0/s1. The number of carbonyl (C=O) groups is 1. The zero-order valence-corrected chi connectivity index (χ0v) is 12.2. The van der Waals surface area contributed by atoms with Gasteiger partial charge in [0.15, 0.2) is 5.82 Å². The van der Waals surface area contributed by atoms with Crippen LogP contribution in [0, 0.1) is 5.82 Å². The molecule has 0 spiro atoms. The Morgan fingerprint density at radius 3 is 3.18 bits per heavy atom. The quantitative estimate of drug-likeness (QED) is 0.810. The van der Waals surface area contributed by atoms with Crippen molar-refractivity contribution in [3.63, 3.8) is 0 Å². The van der Waals surface area contributed by atoms with E-state index in [1.165, 1.54) is 13.2 Å². The Bertz CT molecular complexity index is 758. The topological polar surface area (TPSA) is 56.6 Å². The molecule has 1 saturated heterocycles. The highest BCUT2D eigenvalue weighted by atomic mass is 19.1. The summed E-state index contributed by atoms with van der Waals surface area (Å²) in [6.07, 6.45) is 0.454. The molecule has 22 heavy (non-hydrogen) atoms. The first-order valence-electron chi connectivity index (χ1n) is 7.27. The van der Waals surface area contributed by atoms with E-state index in [9.17, 15) is 9.18 Å². The van der Waals surface area contributed by atoms with Crippen molar-refractivity contribution in [3.05, 3.63) is 29.3 Å². The van der Waals surface area contributed by atoms with Gasteiger partial charge in [0.05, 0.1) is 19.2 Å². The third kappa shape index (κ3) is 1.89. The Hall–Kier alpha value is -2.15. The fraction of sp³-hybridized carbons (Fsp3) is 0.467. The smallest absolute Gasteiger partial charge is 0.409 e. The lowest BCUT2D eigenvalue weighted by Crippen LogP contribution is -2.28. The predicted octanol–water partition coefficient (Wildman–Crippen LogP) is 2.22. The zero-order chi connectivity index (χ0) is 15.3. The van der Waals surface area contributed by atoms with Crippen LogP contribution in [0.3, 0.4) is 0 Å². The molecular weight excluding hydrogens is 289 g/mol. The van der Waals surface area contributed by atoms with Crippen LogP contribution in [0.5, 0.6) is 0 Å². The molecule has 116 valence electrons. The fourth-order valence-electron chi connectivity index (χ4n) is 3.37. The molecule has 4 rings (SSSR count). The van der Waals surface area contributed by atoms with E-state index in [2.05, 4.69) is 4.98 Å². The van der Waals surface area contributed by atoms with Crippen LogP contribution < -0.4 is 0 Å². The molecule has 0 bridgehead atoms. The summed E-state index contributed by atoms with van der Waals surface area (Å²) in [6.45, 7) is 2.00. The lowest BCUT2D eigenvalue weighted by molar-refractivity contribution is 0.0553. The van der Waals surface area contributed by atoms with Crippen molar-refractivity contribution >= 4 is 17.1 Å². The van der Waals surface area contributed by atoms with E-state index in [0.717, 1.165) is 23.3 Å². The third-order valence-electron chi connectivity index (χ3n) is 4.42. The minimum atomic E-state index is -0.333. The summed E-state index contributed by atoms with van der Waals surface area (Å²) in [6, 6.07) is 3.18. The molecule has 0 saturated carbocycles. The van der Waals surface area contributed by atoms with Gasteiger partial charge in [-0.05, 0) is 12.5 Å². The Labute approximate surface area is 126 Å². The molecule has 0 aliphatic carbocycles. The Kier molecular flexibility index (Phi) is 3.04. The van der Waals surface area contributed by atoms with E-state index in [1.54, 1.807) is 11.0 Å². The van der Waals surface area contributed by atoms with Crippen LogP contribution in [0.1, 0.15) is 23.7 Å². The average molecular weight is 305 g/mol. The molecular formula is C15H16FN3O3. The maximum atomic E-state index is 14.1. The first-order chi connectivity index (χ1) is 10.7. The third-order valence-corrected chi connectivity index (χ3v) is 4.42. The van der Waals surface area contributed by atoms with Crippen molar-refractivity contribution < 1.29 is 18.7 Å². The molecule has 1 aromatic carbocycles. The lowest BCUT2D eigenvalue weighted by atomic mass is 10.1. The minimum absolute atomic E-state index is 0.0699. The summed E-state index contributed by atoms with van der Waals surface area (Å²) < 4.78 is 26.3. The number of hydrogen-bond acceptors (Lipinski definition) is 4. The number of methoxy groups -OCH3 is 1. The molecule has 1 atom stereocenters. The average Bonchev–Trinajstić information content (AvgIpc) is 3.16. The maximum absolute atomic E-state index is 14.1. The first kappa shape index (κ1) is 13.5. The largest absolute Gasteiger partial charge is 0.453 e. The number of amides is 1. The van der Waals surface area contributed by atoms with E-state index in [1.807, 2.05) is 4.57 Å². The fourth-order valence-corrected chi connectivity index (χ4v) is 3.37. The molecule has 0 radical (unpaired) electrons. The molecule has 2 aliphatic heterocycles. The predicted molar refractivity (Wildman–Crippen MR) is 75.8 cm³/mol. The van der Waals surface area contributed by atoms with Gasteiger partial charge in [-0.3, -0.25) is 0 Å². The summed E-state index contributed by atoms with van der Waals surface area (Å²) in [5.74, 6) is 0.538. The van der Waals surface area contributed by atoms with Gasteiger partial charge in [0.2, 0.25) is 0 Å². The van der Waals surface area contributed by atoms with Gasteiger partial charge in [0.1, 0.15) is 18.1 Å². The van der Waals surface area contributed by atoms with E-state index < -0.39 is 0 Å². The molecule has 7 heteroatoms. The number of carbonyl (C=O) groups excluding carboxylic acids is 1. The lowest BCUT2D eigenvalue weighted by Gasteiger charge is -2.19. The summed E-state index contributed by atoms with van der Waals surface area (Å²) in [5, 5.41) is 0. The number of likely N-dealkylation sites (tertiary alicyclic amines) is 1. The number of imidazole rings is 1. The molecule has 1 fully saturated rings. The monoisotopic (exact) mass is 305 g/mol. The number of rotatable bonds is 1. The first-order valence-corrected chi connectivity index (χ1v) is 7.27. The number of nitrogens with zero attached hydrogens (tertiary/aromatic N) is 3. The zero-order valence-electron chi connectivity index (χ0n) is 12.2. The van der Waals surface area contributed by atoms with Gasteiger partial charge in [0.25, 0.3) is 0 Å². The number of aromatic nitrogens is 2. The number of hydrogen-bond donors (Lipinski definition) is 0. The molecule has 1 amide bonds. The minimum Gasteiger partial charge on any atom is -0.453 e. The molecule has 0 unspecified atom stereocenters. The highest BCUT2D eigenvalue weighted by Crippen LogP contribution is 2.33. The van der Waals surface area contributed by atoms with Crippen LogP contribution in [-0.2, 0) is 22.8 Å². The van der Waals surface area contributed by atoms with Gasteiger partial charge in [0, 0.05) is 24.6 Å². The van der Waals surface area contributed by atoms with Crippen LogP contribution in [0.25, 0.3) is 11.0 Å². The van der Waals surface area contributed by atoms with Crippen LogP contribution in [0.15, 0.2) is 12.1 Å². The van der Waals surface area contributed by atoms with Gasteiger partial charge in [-0.2, -0.15) is 0 Å². The Morgan fingerprint density at radius 1 is 1.50 bits per heavy atom. The van der Waals surface area contributed by atoms with Gasteiger partial charge < -0.3 is 18.9 Å². The highest BCUT2D eigenvalue weighted by Gasteiger charge is 2.33. The second-order valence-electron chi connectivity index (χ2n) is 5.68. The molecule has 1 aromatic heterocycles. The van der Waals surface area contributed by atoms with Crippen molar-refractivity contribution in [2.24, 2.45) is 0 Å². The SMILES string of the molecule is COC(=O)N1CC[C@H](c2nc3c(F)ccc4c3n2COC4)C1. The number of ether oxygens (including phenoxy) is 2. The van der Waals surface area contributed by atoms with Crippen LogP contribution in [0.2, 0.25) is 0 Å². The maximum Gasteiger partial charge on any atom is 0.409 e. The highest BCUT2D eigenvalue weighted by molar-refractivity contribution is 5.81. The van der Waals surface area contributed by atoms with E-state index in [0.29, 0.717) is 31.9 Å². The van der Waals surface area contributed by atoms with Gasteiger partial charge in [-0.1, -0.05) is 6.07 Å². The van der Waals surface area contributed by atoms with E-state index >= 15 is 0 Å². The summed E-state index contributed by atoms with van der Waals surface area (Å²) in [4.78, 5) is 17.8. The van der Waals surface area contributed by atoms with Crippen LogP contribution >= 0.6 is 0 Å². The molecule has 6 nitrogen and oxygen atoms in total. The summed E-state index contributed by atoms with van der Waals surface area (Å²) in [5.41, 5.74) is 2.16. The van der Waals surface area contributed by atoms with Crippen molar-refractivity contribution in [3.8, 4) is 0 Å². The molecule has 2 aliphatic rings. The molecule has 2 aromatic rings. The Balaban J connectivity index is 1.76. The second-order valence-corrected chi connectivity index (χ2v) is 5.68.